The first kappa shape index (κ1) is 11.3. The lowest BCUT2D eigenvalue weighted by atomic mass is 10.2. The van der Waals surface area contributed by atoms with Gasteiger partial charge in [0, 0.05) is 0 Å². The molecule has 0 aliphatic rings. The van der Waals surface area contributed by atoms with Crippen LogP contribution in [-0.2, 0) is 9.53 Å². The third-order valence-corrected chi connectivity index (χ3v) is 1.84. The van der Waals surface area contributed by atoms with E-state index in [4.69, 9.17) is 17.3 Å². The number of ether oxygens (including phenoxy) is 1. The van der Waals surface area contributed by atoms with Crippen molar-refractivity contribution in [1.29, 1.82) is 0 Å². The standard InChI is InChI=1S/C10H9ClN2O2/c1-15-9(14)4-2-3-7-5-8(12)6-13-10(7)11/h5-6H,4,12H2,1H3. The van der Waals surface area contributed by atoms with Gasteiger partial charge in [0.1, 0.15) is 11.6 Å². The molecule has 5 heteroatoms. The number of nitrogen functional groups attached to an aromatic ring is 1. The van der Waals surface area contributed by atoms with E-state index >= 15 is 0 Å². The highest BCUT2D eigenvalue weighted by Gasteiger charge is 1.99. The molecule has 0 fully saturated rings. The van der Waals surface area contributed by atoms with Crippen LogP contribution in [0.25, 0.3) is 0 Å². The molecule has 1 aromatic rings. The van der Waals surface area contributed by atoms with E-state index in [1.807, 2.05) is 0 Å². The number of pyridine rings is 1. The maximum absolute atomic E-state index is 10.8. The van der Waals surface area contributed by atoms with Crippen LogP contribution in [0.1, 0.15) is 12.0 Å². The van der Waals surface area contributed by atoms with Crippen LogP contribution in [0.2, 0.25) is 5.15 Å². The molecule has 0 amide bonds. The maximum Gasteiger partial charge on any atom is 0.317 e. The van der Waals surface area contributed by atoms with Gasteiger partial charge in [-0.15, -0.1) is 0 Å². The number of halogens is 1. The lowest BCUT2D eigenvalue weighted by Gasteiger charge is -1.96. The molecule has 4 nitrogen and oxygen atoms in total. The predicted molar refractivity (Wildman–Crippen MR) is 57.2 cm³/mol. The second-order valence-electron chi connectivity index (χ2n) is 2.66. The van der Waals surface area contributed by atoms with Gasteiger partial charge in [-0.25, -0.2) is 4.98 Å². The van der Waals surface area contributed by atoms with Gasteiger partial charge in [0.2, 0.25) is 0 Å². The van der Waals surface area contributed by atoms with Crippen molar-refractivity contribution >= 4 is 23.3 Å². The van der Waals surface area contributed by atoms with Gasteiger partial charge in [-0.1, -0.05) is 23.4 Å². The SMILES string of the molecule is COC(=O)CC#Cc1cc(N)cnc1Cl. The first-order valence-electron chi connectivity index (χ1n) is 4.10. The Kier molecular flexibility index (Phi) is 3.95. The van der Waals surface area contributed by atoms with Gasteiger partial charge < -0.3 is 10.5 Å². The topological polar surface area (TPSA) is 65.2 Å². The van der Waals surface area contributed by atoms with Gasteiger partial charge in [-0.05, 0) is 6.07 Å². The maximum atomic E-state index is 10.8. The Balaban J connectivity index is 2.79. The molecule has 0 unspecified atom stereocenters. The van der Waals surface area contributed by atoms with E-state index < -0.39 is 5.97 Å². The van der Waals surface area contributed by atoms with Crippen molar-refractivity contribution in [3.05, 3.63) is 23.0 Å². The Labute approximate surface area is 92.4 Å². The second-order valence-corrected chi connectivity index (χ2v) is 3.02. The van der Waals surface area contributed by atoms with Crippen LogP contribution in [0, 0.1) is 11.8 Å². The lowest BCUT2D eigenvalue weighted by Crippen LogP contribution is -1.97. The van der Waals surface area contributed by atoms with E-state index in [9.17, 15) is 4.79 Å². The van der Waals surface area contributed by atoms with Crippen molar-refractivity contribution in [2.75, 3.05) is 12.8 Å². The summed E-state index contributed by atoms with van der Waals surface area (Å²) in [5, 5.41) is 0.265. The monoisotopic (exact) mass is 224 g/mol. The number of anilines is 1. The Morgan fingerprint density at radius 1 is 1.73 bits per heavy atom. The summed E-state index contributed by atoms with van der Waals surface area (Å²) in [5.41, 5.74) is 6.48. The molecule has 0 aliphatic heterocycles. The van der Waals surface area contributed by atoms with Crippen molar-refractivity contribution in [3.63, 3.8) is 0 Å². The highest BCUT2D eigenvalue weighted by molar-refractivity contribution is 6.30. The minimum absolute atomic E-state index is 0.0155. The van der Waals surface area contributed by atoms with Crippen molar-refractivity contribution in [3.8, 4) is 11.8 Å². The van der Waals surface area contributed by atoms with Crippen molar-refractivity contribution < 1.29 is 9.53 Å². The van der Waals surface area contributed by atoms with Gasteiger partial charge in [0.25, 0.3) is 0 Å². The summed E-state index contributed by atoms with van der Waals surface area (Å²) >= 11 is 5.76. The number of hydrogen-bond acceptors (Lipinski definition) is 4. The Bertz CT molecular complexity index is 435. The number of carbonyl (C=O) groups excluding carboxylic acids is 1. The summed E-state index contributed by atoms with van der Waals surface area (Å²) in [6.45, 7) is 0. The van der Waals surface area contributed by atoms with Crippen LogP contribution in [0.5, 0.6) is 0 Å². The summed E-state index contributed by atoms with van der Waals surface area (Å²) in [4.78, 5) is 14.6. The molecule has 0 atom stereocenters. The number of methoxy groups -OCH3 is 1. The number of esters is 1. The summed E-state index contributed by atoms with van der Waals surface area (Å²) < 4.78 is 4.43. The normalized spacial score (nSPS) is 8.93. The van der Waals surface area contributed by atoms with Crippen LogP contribution in [-0.4, -0.2) is 18.1 Å². The van der Waals surface area contributed by atoms with Gasteiger partial charge in [0.15, 0.2) is 0 Å². The minimum atomic E-state index is -0.393. The number of hydrogen-bond donors (Lipinski definition) is 1. The van der Waals surface area contributed by atoms with Gasteiger partial charge >= 0.3 is 5.97 Å². The third-order valence-electron chi connectivity index (χ3n) is 1.54. The molecule has 0 saturated carbocycles. The van der Waals surface area contributed by atoms with Crippen molar-refractivity contribution in [2.24, 2.45) is 0 Å². The second kappa shape index (κ2) is 5.23. The van der Waals surface area contributed by atoms with Crippen molar-refractivity contribution in [1.82, 2.24) is 4.98 Å². The average molecular weight is 225 g/mol. The first-order valence-corrected chi connectivity index (χ1v) is 4.48. The smallest absolute Gasteiger partial charge is 0.317 e. The zero-order valence-corrected chi connectivity index (χ0v) is 8.84. The molecule has 0 aliphatic carbocycles. The summed E-state index contributed by atoms with van der Waals surface area (Å²) in [7, 11) is 1.30. The fourth-order valence-corrected chi connectivity index (χ4v) is 0.986. The molecule has 0 aromatic carbocycles. The molecular formula is C10H9ClN2O2. The molecule has 0 saturated heterocycles. The molecule has 0 bridgehead atoms. The zero-order valence-electron chi connectivity index (χ0n) is 8.08. The molecule has 78 valence electrons. The molecule has 2 N–H and O–H groups in total. The number of rotatable bonds is 1. The van der Waals surface area contributed by atoms with E-state index in [-0.39, 0.29) is 11.6 Å². The highest BCUT2D eigenvalue weighted by Crippen LogP contribution is 2.13. The fraction of sp³-hybridized carbons (Fsp3) is 0.200. The van der Waals surface area contributed by atoms with E-state index in [0.717, 1.165) is 0 Å². The van der Waals surface area contributed by atoms with Crippen LogP contribution in [0.15, 0.2) is 12.3 Å². The Morgan fingerprint density at radius 2 is 2.47 bits per heavy atom. The summed E-state index contributed by atoms with van der Waals surface area (Å²) in [6.07, 6.45) is 1.45. The van der Waals surface area contributed by atoms with Gasteiger partial charge in [0.05, 0.1) is 24.6 Å². The molecule has 1 aromatic heterocycles. The van der Waals surface area contributed by atoms with E-state index in [2.05, 4.69) is 21.6 Å². The number of nitrogens with two attached hydrogens (primary N) is 1. The molecule has 1 heterocycles. The largest absolute Gasteiger partial charge is 0.468 e. The van der Waals surface area contributed by atoms with Crippen LogP contribution in [0.4, 0.5) is 5.69 Å². The van der Waals surface area contributed by atoms with E-state index in [1.54, 1.807) is 6.07 Å². The van der Waals surface area contributed by atoms with Gasteiger partial charge in [-0.2, -0.15) is 0 Å². The van der Waals surface area contributed by atoms with Crippen molar-refractivity contribution in [2.45, 2.75) is 6.42 Å². The van der Waals surface area contributed by atoms with Gasteiger partial charge in [-0.3, -0.25) is 4.79 Å². The molecule has 15 heavy (non-hydrogen) atoms. The quantitative estimate of drug-likeness (QED) is 0.443. The number of aromatic nitrogens is 1. The number of carbonyl (C=O) groups is 1. The summed E-state index contributed by atoms with van der Waals surface area (Å²) in [5.74, 6) is 4.92. The predicted octanol–water partition coefficient (Wildman–Crippen LogP) is 1.23. The van der Waals surface area contributed by atoms with Crippen LogP contribution >= 0.6 is 11.6 Å². The average Bonchev–Trinajstić information content (AvgIpc) is 2.23. The fourth-order valence-electron chi connectivity index (χ4n) is 0.836. The summed E-state index contributed by atoms with van der Waals surface area (Å²) in [6, 6.07) is 1.60. The van der Waals surface area contributed by atoms with E-state index in [1.165, 1.54) is 13.3 Å². The zero-order chi connectivity index (χ0) is 11.3. The minimum Gasteiger partial charge on any atom is -0.468 e. The highest BCUT2D eigenvalue weighted by atomic mass is 35.5. The molecule has 1 rings (SSSR count). The molecular weight excluding hydrogens is 216 g/mol. The van der Waals surface area contributed by atoms with E-state index in [0.29, 0.717) is 11.3 Å². The Hall–Kier alpha value is -1.73. The lowest BCUT2D eigenvalue weighted by molar-refractivity contribution is -0.139. The molecule has 0 spiro atoms. The van der Waals surface area contributed by atoms with Crippen LogP contribution < -0.4 is 5.73 Å². The third kappa shape index (κ3) is 3.49. The Morgan fingerprint density at radius 3 is 3.13 bits per heavy atom. The first-order chi connectivity index (χ1) is 7.13. The molecule has 0 radical (unpaired) electrons. The van der Waals surface area contributed by atoms with Crippen LogP contribution in [0.3, 0.4) is 0 Å². The number of nitrogens with zero attached hydrogens (tertiary/aromatic N) is 1.